The molecule has 15 heavy (non-hydrogen) atoms. The van der Waals surface area contributed by atoms with Crippen LogP contribution in [0.3, 0.4) is 0 Å². The van der Waals surface area contributed by atoms with Crippen molar-refractivity contribution in [3.63, 3.8) is 0 Å². The molecule has 3 nitrogen and oxygen atoms in total. The highest BCUT2D eigenvalue weighted by Crippen LogP contribution is 2.16. The van der Waals surface area contributed by atoms with Crippen molar-refractivity contribution in [3.8, 4) is 0 Å². The van der Waals surface area contributed by atoms with Gasteiger partial charge in [0.05, 0.1) is 0 Å². The van der Waals surface area contributed by atoms with Crippen molar-refractivity contribution in [2.75, 3.05) is 6.54 Å². The summed E-state index contributed by atoms with van der Waals surface area (Å²) in [5.74, 6) is 0. The summed E-state index contributed by atoms with van der Waals surface area (Å²) in [7, 11) is 0. The summed E-state index contributed by atoms with van der Waals surface area (Å²) in [5, 5.41) is 3.12. The highest BCUT2D eigenvalue weighted by molar-refractivity contribution is 5.74. The van der Waals surface area contributed by atoms with Gasteiger partial charge in [-0.2, -0.15) is 0 Å². The fraction of sp³-hybridized carbons (Fsp3) is 0.0833. The number of nitrogens with two attached hydrogens (primary N) is 1. The summed E-state index contributed by atoms with van der Waals surface area (Å²) < 4.78 is 0. The van der Waals surface area contributed by atoms with Gasteiger partial charge in [0.2, 0.25) is 0 Å². The van der Waals surface area contributed by atoms with Crippen molar-refractivity contribution in [1.29, 1.82) is 0 Å². The molecule has 0 spiro atoms. The van der Waals surface area contributed by atoms with Crippen molar-refractivity contribution in [2.45, 2.75) is 0 Å². The average Bonchev–Trinajstić information content (AvgIpc) is 2.80. The summed E-state index contributed by atoms with van der Waals surface area (Å²) >= 11 is 0. The zero-order valence-corrected chi connectivity index (χ0v) is 8.35. The van der Waals surface area contributed by atoms with E-state index < -0.39 is 0 Å². The van der Waals surface area contributed by atoms with Crippen LogP contribution in [0.25, 0.3) is 5.57 Å². The first kappa shape index (κ1) is 9.52. The van der Waals surface area contributed by atoms with Crippen molar-refractivity contribution < 1.29 is 0 Å². The molecule has 0 amide bonds. The van der Waals surface area contributed by atoms with E-state index in [-0.39, 0.29) is 0 Å². The third-order valence-electron chi connectivity index (χ3n) is 2.24. The van der Waals surface area contributed by atoms with Crippen LogP contribution in [0, 0.1) is 0 Å². The molecule has 1 aromatic rings. The third-order valence-corrected chi connectivity index (χ3v) is 2.24. The summed E-state index contributed by atoms with van der Waals surface area (Å²) in [5.41, 5.74) is 8.85. The van der Waals surface area contributed by atoms with E-state index in [4.69, 9.17) is 5.73 Å². The fourth-order valence-electron chi connectivity index (χ4n) is 1.46. The lowest BCUT2D eigenvalue weighted by molar-refractivity contribution is 1.01. The molecule has 0 atom stereocenters. The number of hydrogen-bond acceptors (Lipinski definition) is 3. The number of nitrogens with zero attached hydrogens (tertiary/aromatic N) is 1. The highest BCUT2D eigenvalue weighted by atomic mass is 14.8. The second-order valence-electron chi connectivity index (χ2n) is 3.30. The molecule has 2 heterocycles. The van der Waals surface area contributed by atoms with Gasteiger partial charge in [0.25, 0.3) is 0 Å². The van der Waals surface area contributed by atoms with Gasteiger partial charge in [-0.1, -0.05) is 6.07 Å². The summed E-state index contributed by atoms with van der Waals surface area (Å²) in [6, 6.07) is 3.90. The number of rotatable bonds is 2. The van der Waals surface area contributed by atoms with E-state index in [1.54, 1.807) is 12.4 Å². The van der Waals surface area contributed by atoms with Crippen molar-refractivity contribution in [1.82, 2.24) is 10.3 Å². The third kappa shape index (κ3) is 2.26. The molecule has 1 aliphatic heterocycles. The molecule has 0 saturated heterocycles. The number of hydrogen-bond donors (Lipinski definition) is 2. The first-order valence-corrected chi connectivity index (χ1v) is 4.83. The highest BCUT2D eigenvalue weighted by Gasteiger charge is 2.02. The Hall–Kier alpha value is -2.03. The maximum absolute atomic E-state index is 5.60. The molecule has 3 heteroatoms. The Morgan fingerprint density at radius 1 is 1.53 bits per heavy atom. The standard InChI is InChI=1S/C12H13N3/c13-7-12(6-10-3-5-15-8-10)11-2-1-4-14-9-11/h1-7,9,15H,8,13H2/b10-6-,12-7+. The van der Waals surface area contributed by atoms with Gasteiger partial charge in [-0.25, -0.2) is 0 Å². The Labute approximate surface area is 89.0 Å². The second-order valence-corrected chi connectivity index (χ2v) is 3.30. The predicted octanol–water partition coefficient (Wildman–Crippen LogP) is 1.42. The number of pyridine rings is 1. The van der Waals surface area contributed by atoms with Gasteiger partial charge in [0.1, 0.15) is 0 Å². The van der Waals surface area contributed by atoms with E-state index in [1.807, 2.05) is 30.6 Å². The van der Waals surface area contributed by atoms with Gasteiger partial charge < -0.3 is 11.1 Å². The van der Waals surface area contributed by atoms with Crippen LogP contribution in [0.1, 0.15) is 5.56 Å². The van der Waals surface area contributed by atoms with Crippen LogP contribution in [0.2, 0.25) is 0 Å². The van der Waals surface area contributed by atoms with Gasteiger partial charge in [-0.3, -0.25) is 4.98 Å². The molecule has 0 radical (unpaired) electrons. The van der Waals surface area contributed by atoms with E-state index in [0.717, 1.165) is 17.7 Å². The topological polar surface area (TPSA) is 50.9 Å². The largest absolute Gasteiger partial charge is 0.404 e. The van der Waals surface area contributed by atoms with E-state index >= 15 is 0 Å². The van der Waals surface area contributed by atoms with Gasteiger partial charge in [-0.05, 0) is 35.6 Å². The first-order chi connectivity index (χ1) is 7.40. The Bertz CT molecular complexity index is 416. The molecule has 76 valence electrons. The average molecular weight is 199 g/mol. The molecule has 0 bridgehead atoms. The summed E-state index contributed by atoms with van der Waals surface area (Å²) in [6.07, 6.45) is 11.2. The van der Waals surface area contributed by atoms with Crippen LogP contribution in [-0.4, -0.2) is 11.5 Å². The van der Waals surface area contributed by atoms with Gasteiger partial charge in [0.15, 0.2) is 0 Å². The van der Waals surface area contributed by atoms with Crippen LogP contribution in [0.15, 0.2) is 54.7 Å². The zero-order chi connectivity index (χ0) is 10.5. The maximum atomic E-state index is 5.60. The van der Waals surface area contributed by atoms with Gasteiger partial charge in [-0.15, -0.1) is 0 Å². The lowest BCUT2D eigenvalue weighted by Crippen LogP contribution is -2.00. The van der Waals surface area contributed by atoms with Crippen LogP contribution >= 0.6 is 0 Å². The Kier molecular flexibility index (Phi) is 2.83. The molecule has 2 rings (SSSR count). The van der Waals surface area contributed by atoms with Crippen LogP contribution in [0.5, 0.6) is 0 Å². The molecule has 0 unspecified atom stereocenters. The molecule has 0 saturated carbocycles. The van der Waals surface area contributed by atoms with Crippen molar-refractivity contribution in [3.05, 3.63) is 60.2 Å². The molecular formula is C12H13N3. The monoisotopic (exact) mass is 199 g/mol. The number of aromatic nitrogens is 1. The van der Waals surface area contributed by atoms with Crippen LogP contribution in [0.4, 0.5) is 0 Å². The van der Waals surface area contributed by atoms with E-state index in [9.17, 15) is 0 Å². The normalized spacial score (nSPS) is 18.1. The Balaban J connectivity index is 2.26. The first-order valence-electron chi connectivity index (χ1n) is 4.83. The minimum atomic E-state index is 0.859. The Morgan fingerprint density at radius 3 is 3.07 bits per heavy atom. The lowest BCUT2D eigenvalue weighted by Gasteiger charge is -2.02. The van der Waals surface area contributed by atoms with Gasteiger partial charge >= 0.3 is 0 Å². The predicted molar refractivity (Wildman–Crippen MR) is 61.6 cm³/mol. The molecule has 0 aromatic carbocycles. The fourth-order valence-corrected chi connectivity index (χ4v) is 1.46. The minimum absolute atomic E-state index is 0.859. The zero-order valence-electron chi connectivity index (χ0n) is 8.35. The SMILES string of the molecule is N/C=C(\C=C1\C=CNC1)c1cccnc1. The number of nitrogens with one attached hydrogen (secondary N) is 1. The van der Waals surface area contributed by atoms with Crippen molar-refractivity contribution in [2.24, 2.45) is 5.73 Å². The van der Waals surface area contributed by atoms with Crippen LogP contribution in [-0.2, 0) is 0 Å². The maximum Gasteiger partial charge on any atom is 0.0396 e. The molecular weight excluding hydrogens is 186 g/mol. The molecule has 3 N–H and O–H groups in total. The minimum Gasteiger partial charge on any atom is -0.404 e. The van der Waals surface area contributed by atoms with Crippen LogP contribution < -0.4 is 11.1 Å². The van der Waals surface area contributed by atoms with Crippen molar-refractivity contribution >= 4 is 5.57 Å². The molecule has 0 fully saturated rings. The quantitative estimate of drug-likeness (QED) is 0.757. The number of allylic oxidation sites excluding steroid dienone is 2. The van der Waals surface area contributed by atoms with Gasteiger partial charge in [0, 0.05) is 30.7 Å². The lowest BCUT2D eigenvalue weighted by atomic mass is 10.1. The van der Waals surface area contributed by atoms with E-state index in [2.05, 4.69) is 16.4 Å². The molecule has 0 aliphatic carbocycles. The van der Waals surface area contributed by atoms with E-state index in [0.29, 0.717) is 0 Å². The molecule has 1 aliphatic rings. The molecule has 1 aromatic heterocycles. The second kappa shape index (κ2) is 4.46. The summed E-state index contributed by atoms with van der Waals surface area (Å²) in [6.45, 7) is 0.859. The smallest absolute Gasteiger partial charge is 0.0396 e. The van der Waals surface area contributed by atoms with E-state index in [1.165, 1.54) is 5.57 Å². The summed E-state index contributed by atoms with van der Waals surface area (Å²) in [4.78, 5) is 4.07. The Morgan fingerprint density at radius 2 is 2.47 bits per heavy atom.